The molecule has 0 radical (unpaired) electrons. The molecule has 0 amide bonds. The Hall–Kier alpha value is -1.37. The van der Waals surface area contributed by atoms with Crippen LogP contribution in [0.1, 0.15) is 57.2 Å². The van der Waals surface area contributed by atoms with E-state index < -0.39 is 0 Å². The van der Waals surface area contributed by atoms with Gasteiger partial charge in [0, 0.05) is 12.3 Å². The zero-order chi connectivity index (χ0) is 12.3. The number of aromatic nitrogens is 2. The normalized spacial score (nSPS) is 25.7. The minimum atomic E-state index is -0.0599. The van der Waals surface area contributed by atoms with Crippen molar-refractivity contribution in [1.29, 1.82) is 5.26 Å². The second kappa shape index (κ2) is 5.31. The number of hydrogen-bond acceptors (Lipinski definition) is 4. The Morgan fingerprint density at radius 2 is 2.35 bits per heavy atom. The maximum Gasteiger partial charge on any atom is 0.227 e. The molecule has 3 unspecified atom stereocenters. The molecule has 4 heteroatoms. The summed E-state index contributed by atoms with van der Waals surface area (Å²) in [5, 5.41) is 12.8. The van der Waals surface area contributed by atoms with E-state index >= 15 is 0 Å². The summed E-state index contributed by atoms with van der Waals surface area (Å²) in [7, 11) is 0. The highest BCUT2D eigenvalue weighted by molar-refractivity contribution is 5.00. The lowest BCUT2D eigenvalue weighted by atomic mass is 10.0. The lowest BCUT2D eigenvalue weighted by Crippen LogP contribution is -1.99. The van der Waals surface area contributed by atoms with Crippen LogP contribution in [0, 0.1) is 23.2 Å². The van der Waals surface area contributed by atoms with Crippen LogP contribution in [0.3, 0.4) is 0 Å². The summed E-state index contributed by atoms with van der Waals surface area (Å²) < 4.78 is 5.21. The monoisotopic (exact) mass is 233 g/mol. The number of nitrogens with zero attached hydrogens (tertiary/aromatic N) is 3. The van der Waals surface area contributed by atoms with E-state index in [2.05, 4.69) is 23.1 Å². The van der Waals surface area contributed by atoms with E-state index in [1.165, 1.54) is 25.7 Å². The van der Waals surface area contributed by atoms with E-state index in [1.807, 2.05) is 6.92 Å². The van der Waals surface area contributed by atoms with Crippen molar-refractivity contribution in [3.8, 4) is 6.07 Å². The SMILES string of the molecule is CCC1CCC(c2noc(CC(C)C#N)n2)C1. The van der Waals surface area contributed by atoms with E-state index in [0.717, 1.165) is 11.7 Å². The molecule has 0 aromatic carbocycles. The molecule has 1 saturated carbocycles. The van der Waals surface area contributed by atoms with Gasteiger partial charge in [-0.3, -0.25) is 0 Å². The zero-order valence-corrected chi connectivity index (χ0v) is 10.5. The van der Waals surface area contributed by atoms with Gasteiger partial charge in [0.2, 0.25) is 5.89 Å². The first-order chi connectivity index (χ1) is 8.22. The predicted octanol–water partition coefficient (Wildman–Crippen LogP) is 3.07. The molecule has 1 aliphatic rings. The van der Waals surface area contributed by atoms with Crippen molar-refractivity contribution in [2.24, 2.45) is 11.8 Å². The van der Waals surface area contributed by atoms with Gasteiger partial charge in [0.05, 0.1) is 12.0 Å². The average molecular weight is 233 g/mol. The van der Waals surface area contributed by atoms with Gasteiger partial charge in [-0.15, -0.1) is 0 Å². The van der Waals surface area contributed by atoms with E-state index in [-0.39, 0.29) is 5.92 Å². The Labute approximate surface area is 102 Å². The third-order valence-electron chi connectivity index (χ3n) is 3.67. The van der Waals surface area contributed by atoms with Crippen molar-refractivity contribution in [2.75, 3.05) is 0 Å². The van der Waals surface area contributed by atoms with Crippen molar-refractivity contribution in [3.63, 3.8) is 0 Å². The first kappa shape index (κ1) is 12.1. The number of hydrogen-bond donors (Lipinski definition) is 0. The van der Waals surface area contributed by atoms with Crippen molar-refractivity contribution >= 4 is 0 Å². The maximum atomic E-state index is 8.74. The first-order valence-electron chi connectivity index (χ1n) is 6.45. The van der Waals surface area contributed by atoms with Crippen LogP contribution in [-0.2, 0) is 6.42 Å². The molecule has 0 saturated heterocycles. The van der Waals surface area contributed by atoms with Gasteiger partial charge in [-0.25, -0.2) is 0 Å². The van der Waals surface area contributed by atoms with Crippen molar-refractivity contribution in [3.05, 3.63) is 11.7 Å². The average Bonchev–Trinajstić information content (AvgIpc) is 2.96. The molecular weight excluding hydrogens is 214 g/mol. The van der Waals surface area contributed by atoms with Gasteiger partial charge < -0.3 is 4.52 Å². The Morgan fingerprint density at radius 1 is 1.53 bits per heavy atom. The third-order valence-corrected chi connectivity index (χ3v) is 3.67. The van der Waals surface area contributed by atoms with Crippen LogP contribution in [0.2, 0.25) is 0 Å². The molecule has 1 heterocycles. The highest BCUT2D eigenvalue weighted by Gasteiger charge is 2.28. The fourth-order valence-corrected chi connectivity index (χ4v) is 2.50. The summed E-state index contributed by atoms with van der Waals surface area (Å²) in [6, 6.07) is 2.18. The van der Waals surface area contributed by atoms with E-state index in [4.69, 9.17) is 9.78 Å². The summed E-state index contributed by atoms with van der Waals surface area (Å²) in [4.78, 5) is 4.42. The Bertz CT molecular complexity index is 407. The molecule has 0 N–H and O–H groups in total. The van der Waals surface area contributed by atoms with Crippen LogP contribution in [0.5, 0.6) is 0 Å². The number of rotatable bonds is 4. The minimum Gasteiger partial charge on any atom is -0.339 e. The molecule has 3 atom stereocenters. The molecule has 1 fully saturated rings. The first-order valence-corrected chi connectivity index (χ1v) is 6.45. The van der Waals surface area contributed by atoms with Gasteiger partial charge in [0.1, 0.15) is 0 Å². The van der Waals surface area contributed by atoms with Gasteiger partial charge in [0.25, 0.3) is 0 Å². The fraction of sp³-hybridized carbons (Fsp3) is 0.769. The summed E-state index contributed by atoms with van der Waals surface area (Å²) in [5.41, 5.74) is 0. The van der Waals surface area contributed by atoms with Gasteiger partial charge in [-0.2, -0.15) is 10.2 Å². The second-order valence-electron chi connectivity index (χ2n) is 5.06. The molecule has 1 aromatic rings. The van der Waals surface area contributed by atoms with Crippen LogP contribution < -0.4 is 0 Å². The standard InChI is InChI=1S/C13H19N3O/c1-3-10-4-5-11(7-10)13-15-12(17-16-13)6-9(2)8-14/h9-11H,3-7H2,1-2H3. The van der Waals surface area contributed by atoms with Crippen molar-refractivity contribution < 1.29 is 4.52 Å². The quantitative estimate of drug-likeness (QED) is 0.801. The van der Waals surface area contributed by atoms with Crippen LogP contribution >= 0.6 is 0 Å². The fourth-order valence-electron chi connectivity index (χ4n) is 2.50. The van der Waals surface area contributed by atoms with Crippen molar-refractivity contribution in [2.45, 2.75) is 51.9 Å². The summed E-state index contributed by atoms with van der Waals surface area (Å²) >= 11 is 0. The summed E-state index contributed by atoms with van der Waals surface area (Å²) in [5.74, 6) is 2.68. The Morgan fingerprint density at radius 3 is 3.00 bits per heavy atom. The minimum absolute atomic E-state index is 0.0599. The molecule has 1 aliphatic carbocycles. The van der Waals surface area contributed by atoms with Crippen LogP contribution in [0.15, 0.2) is 4.52 Å². The Kier molecular flexibility index (Phi) is 3.78. The Balaban J connectivity index is 1.97. The molecule has 0 bridgehead atoms. The van der Waals surface area contributed by atoms with Crippen LogP contribution in [0.4, 0.5) is 0 Å². The third kappa shape index (κ3) is 2.85. The predicted molar refractivity (Wildman–Crippen MR) is 63.2 cm³/mol. The lowest BCUT2D eigenvalue weighted by molar-refractivity contribution is 0.361. The number of nitriles is 1. The van der Waals surface area contributed by atoms with Gasteiger partial charge in [-0.05, 0) is 32.1 Å². The van der Waals surface area contributed by atoms with E-state index in [9.17, 15) is 0 Å². The van der Waals surface area contributed by atoms with Crippen LogP contribution in [-0.4, -0.2) is 10.1 Å². The smallest absolute Gasteiger partial charge is 0.227 e. The van der Waals surface area contributed by atoms with E-state index in [0.29, 0.717) is 18.2 Å². The topological polar surface area (TPSA) is 62.7 Å². The highest BCUT2D eigenvalue weighted by atomic mass is 16.5. The van der Waals surface area contributed by atoms with Gasteiger partial charge in [-0.1, -0.05) is 18.5 Å². The highest BCUT2D eigenvalue weighted by Crippen LogP contribution is 2.38. The molecule has 92 valence electrons. The summed E-state index contributed by atoms with van der Waals surface area (Å²) in [6.07, 6.45) is 5.44. The molecular formula is C13H19N3O. The molecule has 0 spiro atoms. The van der Waals surface area contributed by atoms with Gasteiger partial charge in [0.15, 0.2) is 5.82 Å². The largest absolute Gasteiger partial charge is 0.339 e. The van der Waals surface area contributed by atoms with E-state index in [1.54, 1.807) is 0 Å². The maximum absolute atomic E-state index is 8.74. The summed E-state index contributed by atoms with van der Waals surface area (Å²) in [6.45, 7) is 4.11. The van der Waals surface area contributed by atoms with Crippen molar-refractivity contribution in [1.82, 2.24) is 10.1 Å². The second-order valence-corrected chi connectivity index (χ2v) is 5.06. The van der Waals surface area contributed by atoms with Gasteiger partial charge >= 0.3 is 0 Å². The molecule has 17 heavy (non-hydrogen) atoms. The molecule has 1 aromatic heterocycles. The molecule has 2 rings (SSSR count). The van der Waals surface area contributed by atoms with Crippen LogP contribution in [0.25, 0.3) is 0 Å². The zero-order valence-electron chi connectivity index (χ0n) is 10.5. The lowest BCUT2D eigenvalue weighted by Gasteiger charge is -2.04. The molecule has 0 aliphatic heterocycles. The molecule has 4 nitrogen and oxygen atoms in total.